The second-order valence-corrected chi connectivity index (χ2v) is 7.35. The van der Waals surface area contributed by atoms with E-state index in [1.54, 1.807) is 6.20 Å². The highest BCUT2D eigenvalue weighted by Gasteiger charge is 2.33. The molecule has 2 N–H and O–H groups in total. The Kier molecular flexibility index (Phi) is 4.07. The van der Waals surface area contributed by atoms with Crippen molar-refractivity contribution in [2.75, 3.05) is 19.6 Å². The highest BCUT2D eigenvalue weighted by Crippen LogP contribution is 2.33. The molecule has 0 unspecified atom stereocenters. The van der Waals surface area contributed by atoms with E-state index in [0.29, 0.717) is 5.92 Å². The van der Waals surface area contributed by atoms with Gasteiger partial charge in [0.25, 0.3) is 0 Å². The van der Waals surface area contributed by atoms with Gasteiger partial charge >= 0.3 is 0 Å². The maximum absolute atomic E-state index is 10.7. The van der Waals surface area contributed by atoms with Gasteiger partial charge in [-0.1, -0.05) is 19.3 Å². The smallest absolute Gasteiger partial charge is 0.181 e. The molecule has 2 fully saturated rings. The van der Waals surface area contributed by atoms with E-state index in [1.165, 1.54) is 25.0 Å². The average Bonchev–Trinajstić information content (AvgIpc) is 3.00. The maximum atomic E-state index is 10.7. The van der Waals surface area contributed by atoms with Gasteiger partial charge in [0, 0.05) is 29.7 Å². The number of hydrogen-bond acceptors (Lipinski definition) is 4. The van der Waals surface area contributed by atoms with Gasteiger partial charge in [-0.15, -0.1) is 0 Å². The monoisotopic (exact) mass is 314 g/mol. The van der Waals surface area contributed by atoms with Gasteiger partial charge in [0.2, 0.25) is 0 Å². The minimum Gasteiger partial charge on any atom is -0.389 e. The van der Waals surface area contributed by atoms with E-state index in [0.717, 1.165) is 56.4 Å². The van der Waals surface area contributed by atoms with Crippen LogP contribution in [0.15, 0.2) is 18.3 Å². The van der Waals surface area contributed by atoms with Crippen LogP contribution in [0.4, 0.5) is 0 Å². The molecule has 23 heavy (non-hydrogen) atoms. The van der Waals surface area contributed by atoms with Crippen LogP contribution in [0, 0.1) is 0 Å². The Morgan fingerprint density at radius 2 is 2.00 bits per heavy atom. The Morgan fingerprint density at radius 3 is 2.78 bits per heavy atom. The molecule has 1 saturated heterocycles. The molecule has 2 aromatic heterocycles. The zero-order valence-corrected chi connectivity index (χ0v) is 13.7. The van der Waals surface area contributed by atoms with E-state index in [2.05, 4.69) is 26.1 Å². The minimum absolute atomic E-state index is 0.435. The predicted octanol–water partition coefficient (Wildman–Crippen LogP) is 2.83. The van der Waals surface area contributed by atoms with Crippen LogP contribution < -0.4 is 0 Å². The first-order chi connectivity index (χ1) is 11.2. The lowest BCUT2D eigenvalue weighted by atomic mass is 9.83. The van der Waals surface area contributed by atoms with Crippen LogP contribution in [-0.4, -0.2) is 50.4 Å². The van der Waals surface area contributed by atoms with E-state index in [9.17, 15) is 5.11 Å². The van der Waals surface area contributed by atoms with Crippen molar-refractivity contribution in [3.63, 3.8) is 0 Å². The lowest BCUT2D eigenvalue weighted by Gasteiger charge is -2.39. The second kappa shape index (κ2) is 6.21. The molecule has 4 rings (SSSR count). The molecule has 0 radical (unpaired) electrons. The van der Waals surface area contributed by atoms with E-state index < -0.39 is 5.60 Å². The molecular weight excluding hydrogens is 288 g/mol. The molecular formula is C18H26N4O. The van der Waals surface area contributed by atoms with E-state index in [1.807, 2.05) is 6.07 Å². The van der Waals surface area contributed by atoms with Gasteiger partial charge in [0.1, 0.15) is 0 Å². The quantitative estimate of drug-likeness (QED) is 0.914. The van der Waals surface area contributed by atoms with Crippen molar-refractivity contribution >= 4 is 11.0 Å². The van der Waals surface area contributed by atoms with Crippen LogP contribution in [0.25, 0.3) is 11.0 Å². The van der Waals surface area contributed by atoms with Gasteiger partial charge in [-0.3, -0.25) is 5.10 Å². The summed E-state index contributed by atoms with van der Waals surface area (Å²) in [5.74, 6) is 0.529. The fourth-order valence-electron chi connectivity index (χ4n) is 4.34. The molecule has 1 aliphatic heterocycles. The maximum Gasteiger partial charge on any atom is 0.181 e. The Hall–Kier alpha value is -1.46. The first-order valence-corrected chi connectivity index (χ1v) is 8.97. The normalized spacial score (nSPS) is 23.3. The molecule has 0 spiro atoms. The Labute approximate surface area is 137 Å². The van der Waals surface area contributed by atoms with Gasteiger partial charge in [-0.2, -0.15) is 5.10 Å². The summed E-state index contributed by atoms with van der Waals surface area (Å²) < 4.78 is 0. The SMILES string of the molecule is OC1(CN2CCC(c3[nH]nc4ncccc34)CC2)CCCCC1. The number of β-amino-alcohol motifs (C(OH)–C–C–N with tert-alkyl or cyclic N) is 1. The first-order valence-electron chi connectivity index (χ1n) is 8.97. The number of nitrogens with one attached hydrogen (secondary N) is 1. The third kappa shape index (κ3) is 3.12. The molecule has 124 valence electrons. The van der Waals surface area contributed by atoms with Crippen LogP contribution in [0.5, 0.6) is 0 Å². The Morgan fingerprint density at radius 1 is 1.22 bits per heavy atom. The van der Waals surface area contributed by atoms with E-state index >= 15 is 0 Å². The molecule has 5 nitrogen and oxygen atoms in total. The number of aromatic amines is 1. The summed E-state index contributed by atoms with van der Waals surface area (Å²) in [4.78, 5) is 6.77. The van der Waals surface area contributed by atoms with E-state index in [-0.39, 0.29) is 0 Å². The predicted molar refractivity (Wildman–Crippen MR) is 90.3 cm³/mol. The van der Waals surface area contributed by atoms with Gasteiger partial charge < -0.3 is 10.0 Å². The number of pyridine rings is 1. The van der Waals surface area contributed by atoms with Crippen molar-refractivity contribution in [3.8, 4) is 0 Å². The fourth-order valence-corrected chi connectivity index (χ4v) is 4.34. The second-order valence-electron chi connectivity index (χ2n) is 7.35. The van der Waals surface area contributed by atoms with E-state index in [4.69, 9.17) is 0 Å². The first kappa shape index (κ1) is 15.1. The number of aromatic nitrogens is 3. The molecule has 2 aliphatic rings. The fraction of sp³-hybridized carbons (Fsp3) is 0.667. The molecule has 0 atom stereocenters. The number of rotatable bonds is 3. The number of H-pyrrole nitrogens is 1. The number of likely N-dealkylation sites (tertiary alicyclic amines) is 1. The number of hydrogen-bond donors (Lipinski definition) is 2. The molecule has 5 heteroatoms. The number of nitrogens with zero attached hydrogens (tertiary/aromatic N) is 3. The van der Waals surface area contributed by atoms with Crippen molar-refractivity contribution in [1.29, 1.82) is 0 Å². The van der Waals surface area contributed by atoms with Crippen molar-refractivity contribution < 1.29 is 5.11 Å². The zero-order valence-electron chi connectivity index (χ0n) is 13.7. The third-order valence-electron chi connectivity index (χ3n) is 5.66. The van der Waals surface area contributed by atoms with Crippen molar-refractivity contribution in [3.05, 3.63) is 24.0 Å². The summed E-state index contributed by atoms with van der Waals surface area (Å²) in [7, 11) is 0. The number of piperidine rings is 1. The van der Waals surface area contributed by atoms with Crippen molar-refractivity contribution in [1.82, 2.24) is 20.1 Å². The van der Waals surface area contributed by atoms with Crippen LogP contribution in [0.3, 0.4) is 0 Å². The average molecular weight is 314 g/mol. The van der Waals surface area contributed by atoms with Gasteiger partial charge in [-0.25, -0.2) is 4.98 Å². The molecule has 1 saturated carbocycles. The summed E-state index contributed by atoms with van der Waals surface area (Å²) in [6.07, 6.45) is 9.64. The Bertz CT molecular complexity index is 654. The molecule has 2 aromatic rings. The summed E-state index contributed by atoms with van der Waals surface area (Å²) in [5, 5.41) is 19.4. The zero-order chi connectivity index (χ0) is 15.7. The lowest BCUT2D eigenvalue weighted by Crippen LogP contribution is -2.46. The van der Waals surface area contributed by atoms with Crippen LogP contribution >= 0.6 is 0 Å². The summed E-state index contributed by atoms with van der Waals surface area (Å²) >= 11 is 0. The molecule has 0 amide bonds. The van der Waals surface area contributed by atoms with Gasteiger partial charge in [0.15, 0.2) is 5.65 Å². The molecule has 1 aliphatic carbocycles. The van der Waals surface area contributed by atoms with Crippen molar-refractivity contribution in [2.45, 2.75) is 56.5 Å². The van der Waals surface area contributed by atoms with Gasteiger partial charge in [0.05, 0.1) is 5.60 Å². The summed E-state index contributed by atoms with van der Waals surface area (Å²) in [6.45, 7) is 2.98. The molecule has 3 heterocycles. The topological polar surface area (TPSA) is 65.0 Å². The van der Waals surface area contributed by atoms with Crippen LogP contribution in [0.1, 0.15) is 56.6 Å². The highest BCUT2D eigenvalue weighted by atomic mass is 16.3. The van der Waals surface area contributed by atoms with Crippen LogP contribution in [0.2, 0.25) is 0 Å². The highest BCUT2D eigenvalue weighted by molar-refractivity contribution is 5.77. The summed E-state index contributed by atoms with van der Waals surface area (Å²) in [5.41, 5.74) is 1.63. The third-order valence-corrected chi connectivity index (χ3v) is 5.66. The van der Waals surface area contributed by atoms with Crippen LogP contribution in [-0.2, 0) is 0 Å². The molecule has 0 bridgehead atoms. The number of aliphatic hydroxyl groups is 1. The lowest BCUT2D eigenvalue weighted by molar-refractivity contribution is -0.0308. The van der Waals surface area contributed by atoms with Crippen molar-refractivity contribution in [2.24, 2.45) is 0 Å². The minimum atomic E-state index is -0.435. The van der Waals surface area contributed by atoms with Gasteiger partial charge in [-0.05, 0) is 50.9 Å². The summed E-state index contributed by atoms with van der Waals surface area (Å²) in [6, 6.07) is 4.09. The number of fused-ring (bicyclic) bond motifs is 1. The largest absolute Gasteiger partial charge is 0.389 e. The Balaban J connectivity index is 1.39. The standard InChI is InChI=1S/C18H26N4O/c23-18(8-2-1-3-9-18)13-22-11-6-14(7-12-22)16-15-5-4-10-19-17(15)21-20-16/h4-5,10,14,23H,1-3,6-9,11-13H2,(H,19,20,21). The molecule has 0 aromatic carbocycles.